The molecule has 0 amide bonds. The van der Waals surface area contributed by atoms with Crippen LogP contribution in [0.3, 0.4) is 0 Å². The number of hydrogen-bond donors (Lipinski definition) is 0. The number of allylic oxidation sites excluding steroid dienone is 2. The van der Waals surface area contributed by atoms with Crippen LogP contribution >= 0.6 is 11.6 Å². The van der Waals surface area contributed by atoms with Gasteiger partial charge in [-0.3, -0.25) is 4.79 Å². The Morgan fingerprint density at radius 2 is 2.25 bits per heavy atom. The average molecular weight is 187 g/mol. The number of carbonyl (C=O) groups excluding carboxylic acids is 1. The van der Waals surface area contributed by atoms with E-state index in [2.05, 4.69) is 19.9 Å². The van der Waals surface area contributed by atoms with Crippen molar-refractivity contribution < 1.29 is 4.79 Å². The van der Waals surface area contributed by atoms with Crippen LogP contribution in [0.25, 0.3) is 0 Å². The van der Waals surface area contributed by atoms with Gasteiger partial charge in [-0.1, -0.05) is 25.5 Å². The molecule has 0 saturated carbocycles. The number of rotatable bonds is 1. The summed E-state index contributed by atoms with van der Waals surface area (Å²) >= 11 is 5.56. The van der Waals surface area contributed by atoms with Gasteiger partial charge in [-0.15, -0.1) is 0 Å². The molecule has 1 aliphatic carbocycles. The Morgan fingerprint density at radius 1 is 1.67 bits per heavy atom. The Morgan fingerprint density at radius 3 is 2.58 bits per heavy atom. The molecule has 0 aromatic rings. The van der Waals surface area contributed by atoms with Gasteiger partial charge >= 0.3 is 0 Å². The highest BCUT2D eigenvalue weighted by atomic mass is 35.5. The van der Waals surface area contributed by atoms with Crippen molar-refractivity contribution in [2.24, 2.45) is 11.3 Å². The molecule has 0 aromatic carbocycles. The van der Waals surface area contributed by atoms with E-state index >= 15 is 0 Å². The standard InChI is InChI=1S/C10H15ClO/c1-7-5-4-6-10(2,3)8(7)9(11)12/h5,8H,4,6H2,1-3H3. The van der Waals surface area contributed by atoms with Gasteiger partial charge in [0.25, 0.3) is 0 Å². The molecule has 0 heterocycles. The molecule has 1 nitrogen and oxygen atoms in total. The molecule has 12 heavy (non-hydrogen) atoms. The zero-order valence-corrected chi connectivity index (χ0v) is 8.61. The molecule has 2 heteroatoms. The third kappa shape index (κ3) is 1.71. The molecule has 0 N–H and O–H groups in total. The third-order valence-corrected chi connectivity index (χ3v) is 2.94. The highest BCUT2D eigenvalue weighted by Crippen LogP contribution is 2.41. The Labute approximate surface area is 78.8 Å². The smallest absolute Gasteiger partial charge is 0.229 e. The Hall–Kier alpha value is -0.300. The highest BCUT2D eigenvalue weighted by molar-refractivity contribution is 6.64. The van der Waals surface area contributed by atoms with Crippen molar-refractivity contribution in [2.75, 3.05) is 0 Å². The number of carbonyl (C=O) groups is 1. The predicted octanol–water partition coefficient (Wildman–Crippen LogP) is 3.13. The van der Waals surface area contributed by atoms with Gasteiger partial charge in [0.05, 0.1) is 5.92 Å². The van der Waals surface area contributed by atoms with Gasteiger partial charge < -0.3 is 0 Å². The zero-order chi connectivity index (χ0) is 9.35. The second kappa shape index (κ2) is 3.21. The minimum absolute atomic E-state index is 0.0394. The Bertz CT molecular complexity index is 228. The first-order chi connectivity index (χ1) is 5.45. The van der Waals surface area contributed by atoms with Crippen LogP contribution in [0.2, 0.25) is 0 Å². The molecule has 0 aliphatic heterocycles. The van der Waals surface area contributed by atoms with Crippen molar-refractivity contribution in [3.63, 3.8) is 0 Å². The molecule has 1 atom stereocenters. The summed E-state index contributed by atoms with van der Waals surface area (Å²) in [5.41, 5.74) is 1.17. The lowest BCUT2D eigenvalue weighted by Crippen LogP contribution is -2.31. The van der Waals surface area contributed by atoms with Crippen LogP contribution in [0.15, 0.2) is 11.6 Å². The van der Waals surface area contributed by atoms with E-state index in [1.54, 1.807) is 0 Å². The van der Waals surface area contributed by atoms with Crippen molar-refractivity contribution >= 4 is 16.8 Å². The number of halogens is 1. The Balaban J connectivity index is 2.96. The maximum absolute atomic E-state index is 11.1. The zero-order valence-electron chi connectivity index (χ0n) is 7.86. The summed E-state index contributed by atoms with van der Waals surface area (Å²) in [6.45, 7) is 6.20. The lowest BCUT2D eigenvalue weighted by Gasteiger charge is -2.35. The van der Waals surface area contributed by atoms with Crippen LogP contribution in [0.1, 0.15) is 33.6 Å². The second-order valence-electron chi connectivity index (χ2n) is 4.21. The molecule has 1 aliphatic rings. The fourth-order valence-electron chi connectivity index (χ4n) is 2.04. The quantitative estimate of drug-likeness (QED) is 0.454. The van der Waals surface area contributed by atoms with Gasteiger partial charge in [-0.25, -0.2) is 0 Å². The minimum Gasteiger partial charge on any atom is -0.281 e. The topological polar surface area (TPSA) is 17.1 Å². The fraction of sp³-hybridized carbons (Fsp3) is 0.700. The van der Waals surface area contributed by atoms with Crippen LogP contribution in [0, 0.1) is 11.3 Å². The molecule has 0 spiro atoms. The molecular weight excluding hydrogens is 172 g/mol. The average Bonchev–Trinajstić information content (AvgIpc) is 1.82. The van der Waals surface area contributed by atoms with Gasteiger partial charge in [0, 0.05) is 0 Å². The predicted molar refractivity (Wildman–Crippen MR) is 51.1 cm³/mol. The van der Waals surface area contributed by atoms with E-state index in [0.29, 0.717) is 0 Å². The van der Waals surface area contributed by atoms with Crippen molar-refractivity contribution in [3.05, 3.63) is 11.6 Å². The summed E-state index contributed by atoms with van der Waals surface area (Å²) in [6.07, 6.45) is 4.24. The van der Waals surface area contributed by atoms with E-state index in [-0.39, 0.29) is 16.6 Å². The third-order valence-electron chi connectivity index (χ3n) is 2.72. The van der Waals surface area contributed by atoms with Gasteiger partial charge in [0.15, 0.2) is 0 Å². The molecule has 0 radical (unpaired) electrons. The van der Waals surface area contributed by atoms with Crippen molar-refractivity contribution in [3.8, 4) is 0 Å². The van der Waals surface area contributed by atoms with Gasteiger partial charge in [-0.05, 0) is 36.8 Å². The fourth-order valence-corrected chi connectivity index (χ4v) is 2.50. The number of hydrogen-bond acceptors (Lipinski definition) is 1. The molecule has 0 bridgehead atoms. The first-order valence-corrected chi connectivity index (χ1v) is 4.69. The van der Waals surface area contributed by atoms with E-state index in [1.807, 2.05) is 6.92 Å². The van der Waals surface area contributed by atoms with Crippen LogP contribution in [-0.2, 0) is 4.79 Å². The lowest BCUT2D eigenvalue weighted by atomic mass is 9.69. The maximum Gasteiger partial charge on any atom is 0.229 e. The van der Waals surface area contributed by atoms with E-state index in [0.717, 1.165) is 18.4 Å². The highest BCUT2D eigenvalue weighted by Gasteiger charge is 2.36. The van der Waals surface area contributed by atoms with Crippen molar-refractivity contribution in [1.82, 2.24) is 0 Å². The summed E-state index contributed by atoms with van der Waals surface area (Å²) in [5.74, 6) is -0.0760. The molecule has 0 aromatic heterocycles. The normalized spacial score (nSPS) is 28.0. The second-order valence-corrected chi connectivity index (χ2v) is 4.59. The van der Waals surface area contributed by atoms with Crippen LogP contribution < -0.4 is 0 Å². The van der Waals surface area contributed by atoms with Gasteiger partial charge in [0.1, 0.15) is 0 Å². The lowest BCUT2D eigenvalue weighted by molar-refractivity contribution is -0.117. The van der Waals surface area contributed by atoms with Crippen molar-refractivity contribution in [1.29, 1.82) is 0 Å². The SMILES string of the molecule is CC1=CCCC(C)(C)C1C(=O)Cl. The molecule has 0 fully saturated rings. The van der Waals surface area contributed by atoms with Gasteiger partial charge in [0.2, 0.25) is 5.24 Å². The van der Waals surface area contributed by atoms with E-state index in [1.165, 1.54) is 0 Å². The van der Waals surface area contributed by atoms with E-state index in [9.17, 15) is 4.79 Å². The van der Waals surface area contributed by atoms with Crippen LogP contribution in [0.4, 0.5) is 0 Å². The molecule has 1 unspecified atom stereocenters. The maximum atomic E-state index is 11.1. The Kier molecular flexibility index (Phi) is 2.62. The van der Waals surface area contributed by atoms with Crippen LogP contribution in [0.5, 0.6) is 0 Å². The summed E-state index contributed by atoms with van der Waals surface area (Å²) < 4.78 is 0. The summed E-state index contributed by atoms with van der Waals surface area (Å²) in [4.78, 5) is 11.1. The first-order valence-electron chi connectivity index (χ1n) is 4.31. The van der Waals surface area contributed by atoms with E-state index in [4.69, 9.17) is 11.6 Å². The molecule has 68 valence electrons. The minimum atomic E-state index is -0.214. The monoisotopic (exact) mass is 186 g/mol. The van der Waals surface area contributed by atoms with E-state index < -0.39 is 0 Å². The van der Waals surface area contributed by atoms with Crippen LogP contribution in [-0.4, -0.2) is 5.24 Å². The summed E-state index contributed by atoms with van der Waals surface area (Å²) in [5, 5.41) is -0.214. The summed E-state index contributed by atoms with van der Waals surface area (Å²) in [6, 6.07) is 0. The molecule has 1 rings (SSSR count). The molecular formula is C10H15ClO. The molecule has 0 saturated heterocycles. The van der Waals surface area contributed by atoms with Crippen molar-refractivity contribution in [2.45, 2.75) is 33.6 Å². The largest absolute Gasteiger partial charge is 0.281 e. The summed E-state index contributed by atoms with van der Waals surface area (Å²) in [7, 11) is 0. The first kappa shape index (κ1) is 9.79. The van der Waals surface area contributed by atoms with Gasteiger partial charge in [-0.2, -0.15) is 0 Å².